The van der Waals surface area contributed by atoms with Gasteiger partial charge in [-0.2, -0.15) is 13.2 Å². The first-order chi connectivity index (χ1) is 9.79. The predicted octanol–water partition coefficient (Wildman–Crippen LogP) is 3.57. The number of aromatic nitrogens is 1. The molecule has 0 fully saturated rings. The molecule has 0 bridgehead atoms. The van der Waals surface area contributed by atoms with E-state index in [4.69, 9.17) is 5.11 Å². The van der Waals surface area contributed by atoms with Crippen molar-refractivity contribution in [2.75, 3.05) is 11.9 Å². The smallest absolute Gasteiger partial charge is 0.416 e. The molecule has 110 valence electrons. The Bertz CT molecular complexity index is 654. The van der Waals surface area contributed by atoms with Crippen LogP contribution in [0.2, 0.25) is 0 Å². The highest BCUT2D eigenvalue weighted by molar-refractivity contribution is 5.88. The molecule has 21 heavy (non-hydrogen) atoms. The van der Waals surface area contributed by atoms with Gasteiger partial charge in [0.05, 0.1) is 11.1 Å². The SMILES string of the molecule is CN(c1ccc(C(=O)O)cc1)c1cc(C(F)(F)F)ccn1. The van der Waals surface area contributed by atoms with Crippen molar-refractivity contribution in [2.24, 2.45) is 0 Å². The number of alkyl halides is 3. The molecule has 0 atom stereocenters. The van der Waals surface area contributed by atoms with Gasteiger partial charge in [-0.15, -0.1) is 0 Å². The van der Waals surface area contributed by atoms with Crippen LogP contribution >= 0.6 is 0 Å². The Kier molecular flexibility index (Phi) is 3.84. The summed E-state index contributed by atoms with van der Waals surface area (Å²) in [5.41, 5.74) is -0.155. The van der Waals surface area contributed by atoms with Gasteiger partial charge in [0.25, 0.3) is 0 Å². The van der Waals surface area contributed by atoms with Gasteiger partial charge >= 0.3 is 12.1 Å². The van der Waals surface area contributed by atoms with E-state index >= 15 is 0 Å². The molecule has 2 rings (SSSR count). The number of hydrogen-bond donors (Lipinski definition) is 1. The highest BCUT2D eigenvalue weighted by Crippen LogP contribution is 2.32. The van der Waals surface area contributed by atoms with E-state index in [1.54, 1.807) is 7.05 Å². The second-order valence-corrected chi connectivity index (χ2v) is 4.31. The summed E-state index contributed by atoms with van der Waals surface area (Å²) in [6.07, 6.45) is -3.36. The van der Waals surface area contributed by atoms with Gasteiger partial charge in [-0.05, 0) is 36.4 Å². The lowest BCUT2D eigenvalue weighted by Crippen LogP contribution is -2.13. The van der Waals surface area contributed by atoms with Crippen molar-refractivity contribution in [3.8, 4) is 0 Å². The largest absolute Gasteiger partial charge is 0.478 e. The summed E-state index contributed by atoms with van der Waals surface area (Å²) in [4.78, 5) is 16.1. The molecule has 0 saturated heterocycles. The van der Waals surface area contributed by atoms with Crippen LogP contribution in [-0.4, -0.2) is 23.1 Å². The summed E-state index contributed by atoms with van der Waals surface area (Å²) in [6.45, 7) is 0. The molecule has 1 aromatic heterocycles. The van der Waals surface area contributed by atoms with Crippen LogP contribution in [0.25, 0.3) is 0 Å². The fraction of sp³-hybridized carbons (Fsp3) is 0.143. The lowest BCUT2D eigenvalue weighted by atomic mass is 10.2. The topological polar surface area (TPSA) is 53.4 Å². The van der Waals surface area contributed by atoms with Crippen LogP contribution in [0.3, 0.4) is 0 Å². The Balaban J connectivity index is 2.31. The van der Waals surface area contributed by atoms with Crippen molar-refractivity contribution in [3.05, 3.63) is 53.7 Å². The van der Waals surface area contributed by atoms with Crippen molar-refractivity contribution < 1.29 is 23.1 Å². The zero-order valence-electron chi connectivity index (χ0n) is 10.9. The van der Waals surface area contributed by atoms with E-state index in [9.17, 15) is 18.0 Å². The molecule has 1 N–H and O–H groups in total. The van der Waals surface area contributed by atoms with Gasteiger partial charge in [-0.25, -0.2) is 9.78 Å². The molecule has 0 aliphatic rings. The van der Waals surface area contributed by atoms with E-state index in [0.29, 0.717) is 5.69 Å². The average molecular weight is 296 g/mol. The van der Waals surface area contributed by atoms with E-state index in [0.717, 1.165) is 18.3 Å². The maximum atomic E-state index is 12.7. The minimum atomic E-state index is -4.44. The van der Waals surface area contributed by atoms with Crippen LogP contribution in [-0.2, 0) is 6.18 Å². The van der Waals surface area contributed by atoms with Crippen LogP contribution < -0.4 is 4.90 Å². The summed E-state index contributed by atoms with van der Waals surface area (Å²) < 4.78 is 38.0. The third-order valence-electron chi connectivity index (χ3n) is 2.92. The van der Waals surface area contributed by atoms with Crippen LogP contribution in [0.4, 0.5) is 24.7 Å². The van der Waals surface area contributed by atoms with Gasteiger partial charge < -0.3 is 10.0 Å². The number of nitrogens with zero attached hydrogens (tertiary/aromatic N) is 2. The molecule has 4 nitrogen and oxygen atoms in total. The first-order valence-corrected chi connectivity index (χ1v) is 5.89. The van der Waals surface area contributed by atoms with Gasteiger partial charge in [-0.1, -0.05) is 0 Å². The fourth-order valence-electron chi connectivity index (χ4n) is 1.74. The molecule has 1 heterocycles. The summed E-state index contributed by atoms with van der Waals surface area (Å²) in [5, 5.41) is 8.81. The summed E-state index contributed by atoms with van der Waals surface area (Å²) in [7, 11) is 1.55. The molecule has 0 saturated carbocycles. The zero-order chi connectivity index (χ0) is 15.6. The molecule has 2 aromatic rings. The first-order valence-electron chi connectivity index (χ1n) is 5.89. The van der Waals surface area contributed by atoms with Gasteiger partial charge in [0.1, 0.15) is 5.82 Å². The minimum Gasteiger partial charge on any atom is -0.478 e. The maximum absolute atomic E-state index is 12.7. The minimum absolute atomic E-state index is 0.101. The standard InChI is InChI=1S/C14H11F3N2O2/c1-19(11-4-2-9(3-5-11)13(20)21)12-8-10(6-7-18-12)14(15,16)17/h2-8H,1H3,(H,20,21). The number of pyridine rings is 1. The number of carboxylic acids is 1. The van der Waals surface area contributed by atoms with Gasteiger partial charge in [-0.3, -0.25) is 0 Å². The molecule has 1 aromatic carbocycles. The molecule has 7 heteroatoms. The lowest BCUT2D eigenvalue weighted by Gasteiger charge is -2.19. The van der Waals surface area contributed by atoms with Crippen LogP contribution in [0.1, 0.15) is 15.9 Å². The second kappa shape index (κ2) is 5.43. The molecule has 0 amide bonds. The molecule has 0 aliphatic heterocycles. The van der Waals surface area contributed by atoms with Crippen molar-refractivity contribution in [1.82, 2.24) is 4.98 Å². The van der Waals surface area contributed by atoms with Crippen molar-refractivity contribution in [1.29, 1.82) is 0 Å². The third kappa shape index (κ3) is 3.31. The number of halogens is 3. The number of benzene rings is 1. The monoisotopic (exact) mass is 296 g/mol. The van der Waals surface area contributed by atoms with Crippen LogP contribution in [0.5, 0.6) is 0 Å². The Morgan fingerprint density at radius 2 is 1.81 bits per heavy atom. The van der Waals surface area contributed by atoms with Crippen LogP contribution in [0.15, 0.2) is 42.6 Å². The summed E-state index contributed by atoms with van der Waals surface area (Å²) >= 11 is 0. The van der Waals surface area contributed by atoms with Gasteiger partial charge in [0, 0.05) is 18.9 Å². The van der Waals surface area contributed by atoms with Gasteiger partial charge in [0.2, 0.25) is 0 Å². The predicted molar refractivity (Wildman–Crippen MR) is 70.7 cm³/mol. The number of carboxylic acid groups (broad SMARTS) is 1. The second-order valence-electron chi connectivity index (χ2n) is 4.31. The first kappa shape index (κ1) is 14.8. The summed E-state index contributed by atoms with van der Waals surface area (Å²) in [6, 6.07) is 7.59. The third-order valence-corrected chi connectivity index (χ3v) is 2.92. The lowest BCUT2D eigenvalue weighted by molar-refractivity contribution is -0.137. The number of anilines is 2. The number of aromatic carboxylic acids is 1. The normalized spacial score (nSPS) is 11.2. The molecule has 0 spiro atoms. The number of hydrogen-bond acceptors (Lipinski definition) is 3. The molecule has 0 unspecified atom stereocenters. The van der Waals surface area contributed by atoms with Crippen molar-refractivity contribution in [3.63, 3.8) is 0 Å². The highest BCUT2D eigenvalue weighted by Gasteiger charge is 2.31. The quantitative estimate of drug-likeness (QED) is 0.940. The van der Waals surface area contributed by atoms with E-state index in [2.05, 4.69) is 4.98 Å². The number of rotatable bonds is 3. The molecule has 0 aliphatic carbocycles. The Morgan fingerprint density at radius 3 is 2.33 bits per heavy atom. The Morgan fingerprint density at radius 1 is 1.19 bits per heavy atom. The Labute approximate surface area is 118 Å². The fourth-order valence-corrected chi connectivity index (χ4v) is 1.74. The molecular formula is C14H11F3N2O2. The molecular weight excluding hydrogens is 285 g/mol. The van der Waals surface area contributed by atoms with Crippen molar-refractivity contribution in [2.45, 2.75) is 6.18 Å². The highest BCUT2D eigenvalue weighted by atomic mass is 19.4. The van der Waals surface area contributed by atoms with E-state index in [-0.39, 0.29) is 11.4 Å². The van der Waals surface area contributed by atoms with E-state index < -0.39 is 17.7 Å². The average Bonchev–Trinajstić information content (AvgIpc) is 2.46. The van der Waals surface area contributed by atoms with E-state index in [1.807, 2.05) is 0 Å². The van der Waals surface area contributed by atoms with Gasteiger partial charge in [0.15, 0.2) is 0 Å². The Hall–Kier alpha value is -2.57. The molecule has 0 radical (unpaired) electrons. The van der Waals surface area contributed by atoms with E-state index in [1.165, 1.54) is 29.2 Å². The summed E-state index contributed by atoms with van der Waals surface area (Å²) in [5.74, 6) is -0.950. The van der Waals surface area contributed by atoms with Crippen LogP contribution in [0, 0.1) is 0 Å². The number of carbonyl (C=O) groups is 1. The van der Waals surface area contributed by atoms with Crippen molar-refractivity contribution >= 4 is 17.5 Å². The zero-order valence-corrected chi connectivity index (χ0v) is 10.9. The maximum Gasteiger partial charge on any atom is 0.416 e.